The Morgan fingerprint density at radius 1 is 1.43 bits per heavy atom. The van der Waals surface area contributed by atoms with Gasteiger partial charge in [-0.3, -0.25) is 0 Å². The standard InChI is InChI=1S/C9H6N2O2S/c12-14-5-10-7-2-1-6-3-4-11-13-8(6)9(7)14/h1-5,11H. The molecule has 1 aromatic carbocycles. The molecule has 0 amide bonds. The van der Waals surface area contributed by atoms with Crippen LogP contribution in [0.1, 0.15) is 5.56 Å². The minimum Gasteiger partial charge on any atom is -0.381 e. The van der Waals surface area contributed by atoms with Gasteiger partial charge in [-0.15, -0.1) is 0 Å². The maximum Gasteiger partial charge on any atom is 0.180 e. The Balaban J connectivity index is 2.31. The molecule has 2 aliphatic rings. The van der Waals surface area contributed by atoms with Gasteiger partial charge < -0.3 is 4.84 Å². The van der Waals surface area contributed by atoms with Crippen molar-refractivity contribution in [2.45, 2.75) is 4.90 Å². The van der Waals surface area contributed by atoms with Crippen molar-refractivity contribution in [3.05, 3.63) is 23.9 Å². The van der Waals surface area contributed by atoms with Gasteiger partial charge in [0.25, 0.3) is 0 Å². The van der Waals surface area contributed by atoms with E-state index in [-0.39, 0.29) is 0 Å². The Morgan fingerprint density at radius 2 is 2.36 bits per heavy atom. The molecule has 1 atom stereocenters. The van der Waals surface area contributed by atoms with Crippen LogP contribution in [0.4, 0.5) is 5.69 Å². The van der Waals surface area contributed by atoms with Crippen molar-refractivity contribution in [3.8, 4) is 5.75 Å². The van der Waals surface area contributed by atoms with Crippen LogP contribution in [0.3, 0.4) is 0 Å². The van der Waals surface area contributed by atoms with E-state index in [9.17, 15) is 4.21 Å². The number of nitrogens with zero attached hydrogens (tertiary/aromatic N) is 1. The number of nitrogens with one attached hydrogen (secondary N) is 1. The average Bonchev–Trinajstić information content (AvgIpc) is 2.61. The maximum atomic E-state index is 11.6. The fraction of sp³-hybridized carbons (Fsp3) is 0. The molecule has 0 spiro atoms. The summed E-state index contributed by atoms with van der Waals surface area (Å²) in [6.07, 6.45) is 3.56. The monoisotopic (exact) mass is 206 g/mol. The Bertz CT molecular complexity index is 494. The van der Waals surface area contributed by atoms with Gasteiger partial charge in [-0.1, -0.05) is 0 Å². The Morgan fingerprint density at radius 3 is 3.29 bits per heavy atom. The predicted molar refractivity (Wildman–Crippen MR) is 53.8 cm³/mol. The van der Waals surface area contributed by atoms with E-state index in [1.165, 1.54) is 5.55 Å². The summed E-state index contributed by atoms with van der Waals surface area (Å²) in [5.74, 6) is 0.612. The molecule has 0 bridgehead atoms. The molecule has 4 nitrogen and oxygen atoms in total. The molecule has 70 valence electrons. The molecule has 1 aromatic rings. The van der Waals surface area contributed by atoms with Gasteiger partial charge >= 0.3 is 0 Å². The van der Waals surface area contributed by atoms with Gasteiger partial charge in [0.1, 0.15) is 15.7 Å². The first-order valence-electron chi connectivity index (χ1n) is 4.07. The number of aliphatic imine (C=N–C) groups is 1. The Kier molecular flexibility index (Phi) is 1.49. The first kappa shape index (κ1) is 7.75. The van der Waals surface area contributed by atoms with Gasteiger partial charge in [0.15, 0.2) is 5.75 Å². The smallest absolute Gasteiger partial charge is 0.180 e. The van der Waals surface area contributed by atoms with Crippen LogP contribution in [-0.4, -0.2) is 9.76 Å². The molecule has 5 heteroatoms. The molecule has 1 N–H and O–H groups in total. The lowest BCUT2D eigenvalue weighted by Gasteiger charge is -2.14. The van der Waals surface area contributed by atoms with E-state index >= 15 is 0 Å². The Labute approximate surface area is 82.7 Å². The van der Waals surface area contributed by atoms with Gasteiger partial charge in [0.2, 0.25) is 0 Å². The molecule has 3 rings (SSSR count). The van der Waals surface area contributed by atoms with Gasteiger partial charge in [-0.25, -0.2) is 14.7 Å². The molecule has 0 fully saturated rings. The number of hydroxylamine groups is 1. The summed E-state index contributed by atoms with van der Waals surface area (Å²) in [5, 5.41) is 0. The second kappa shape index (κ2) is 2.68. The fourth-order valence-electron chi connectivity index (χ4n) is 1.47. The fourth-order valence-corrected chi connectivity index (χ4v) is 2.46. The van der Waals surface area contributed by atoms with E-state index in [1.807, 2.05) is 18.2 Å². The van der Waals surface area contributed by atoms with Crippen LogP contribution in [0.15, 0.2) is 28.2 Å². The predicted octanol–water partition coefficient (Wildman–Crippen LogP) is 1.34. The van der Waals surface area contributed by atoms with Gasteiger partial charge in [-0.05, 0) is 18.2 Å². The first-order valence-corrected chi connectivity index (χ1v) is 5.28. The number of benzene rings is 1. The van der Waals surface area contributed by atoms with Crippen molar-refractivity contribution in [1.29, 1.82) is 0 Å². The van der Waals surface area contributed by atoms with Crippen molar-refractivity contribution in [3.63, 3.8) is 0 Å². The second-order valence-corrected chi connectivity index (χ2v) is 4.13. The lowest BCUT2D eigenvalue weighted by Crippen LogP contribution is -2.15. The highest BCUT2D eigenvalue weighted by Gasteiger charge is 2.23. The summed E-state index contributed by atoms with van der Waals surface area (Å²) in [5.41, 5.74) is 5.68. The van der Waals surface area contributed by atoms with Gasteiger partial charge in [0.05, 0.1) is 11.2 Å². The molecule has 2 aliphatic heterocycles. The number of hydrogen-bond acceptors (Lipinski definition) is 4. The van der Waals surface area contributed by atoms with Crippen molar-refractivity contribution in [1.82, 2.24) is 5.48 Å². The minimum atomic E-state index is -1.18. The third kappa shape index (κ3) is 0.927. The van der Waals surface area contributed by atoms with Crippen molar-refractivity contribution < 1.29 is 9.05 Å². The summed E-state index contributed by atoms with van der Waals surface area (Å²) in [7, 11) is -1.18. The van der Waals surface area contributed by atoms with Gasteiger partial charge in [-0.2, -0.15) is 0 Å². The first-order chi connectivity index (χ1) is 6.86. The Hall–Kier alpha value is -1.62. The van der Waals surface area contributed by atoms with Gasteiger partial charge in [0, 0.05) is 11.8 Å². The normalized spacial score (nSPS) is 21.0. The van der Waals surface area contributed by atoms with Crippen LogP contribution in [0.25, 0.3) is 6.08 Å². The summed E-state index contributed by atoms with van der Waals surface area (Å²) in [4.78, 5) is 9.91. The van der Waals surface area contributed by atoms with Crippen molar-refractivity contribution >= 4 is 28.1 Å². The molecule has 0 aromatic heterocycles. The molecule has 0 aliphatic carbocycles. The zero-order valence-electron chi connectivity index (χ0n) is 7.06. The van der Waals surface area contributed by atoms with E-state index in [4.69, 9.17) is 4.84 Å². The molecule has 0 radical (unpaired) electrons. The average molecular weight is 206 g/mol. The second-order valence-electron chi connectivity index (χ2n) is 2.92. The molecule has 0 saturated heterocycles. The lowest BCUT2D eigenvalue weighted by atomic mass is 10.1. The zero-order valence-corrected chi connectivity index (χ0v) is 7.88. The van der Waals surface area contributed by atoms with Crippen LogP contribution in [0.2, 0.25) is 0 Å². The zero-order chi connectivity index (χ0) is 9.54. The molecular weight excluding hydrogens is 200 g/mol. The summed E-state index contributed by atoms with van der Waals surface area (Å²) in [6.45, 7) is 0. The third-order valence-corrected chi connectivity index (χ3v) is 3.20. The highest BCUT2D eigenvalue weighted by molar-refractivity contribution is 7.99. The quantitative estimate of drug-likeness (QED) is 0.696. The lowest BCUT2D eigenvalue weighted by molar-refractivity contribution is 0.233. The maximum absolute atomic E-state index is 11.6. The number of rotatable bonds is 0. The van der Waals surface area contributed by atoms with E-state index in [0.717, 1.165) is 11.3 Å². The number of fused-ring (bicyclic) bond motifs is 3. The summed E-state index contributed by atoms with van der Waals surface area (Å²) >= 11 is 0. The van der Waals surface area contributed by atoms with Crippen LogP contribution < -0.4 is 10.3 Å². The van der Waals surface area contributed by atoms with E-state index < -0.39 is 10.8 Å². The highest BCUT2D eigenvalue weighted by Crippen LogP contribution is 2.39. The molecule has 0 saturated carbocycles. The van der Waals surface area contributed by atoms with E-state index in [2.05, 4.69) is 10.5 Å². The topological polar surface area (TPSA) is 50.7 Å². The molecule has 1 unspecified atom stereocenters. The van der Waals surface area contributed by atoms with Crippen LogP contribution in [-0.2, 0) is 10.8 Å². The minimum absolute atomic E-state index is 0.612. The van der Waals surface area contributed by atoms with E-state index in [0.29, 0.717) is 10.6 Å². The molecule has 14 heavy (non-hydrogen) atoms. The number of hydrogen-bond donors (Lipinski definition) is 1. The SMILES string of the molecule is O=S1C=Nc2ccc3c(c21)ONC=C3. The molecular formula is C9H6N2O2S. The van der Waals surface area contributed by atoms with Crippen molar-refractivity contribution in [2.75, 3.05) is 0 Å². The van der Waals surface area contributed by atoms with Crippen molar-refractivity contribution in [2.24, 2.45) is 4.99 Å². The van der Waals surface area contributed by atoms with Crippen LogP contribution in [0, 0.1) is 0 Å². The third-order valence-electron chi connectivity index (χ3n) is 2.10. The summed E-state index contributed by atoms with van der Waals surface area (Å²) < 4.78 is 11.6. The van der Waals surface area contributed by atoms with Crippen LogP contribution >= 0.6 is 0 Å². The molecule has 2 heterocycles. The van der Waals surface area contributed by atoms with Crippen LogP contribution in [0.5, 0.6) is 5.75 Å². The largest absolute Gasteiger partial charge is 0.381 e. The van der Waals surface area contributed by atoms with E-state index in [1.54, 1.807) is 6.20 Å². The summed E-state index contributed by atoms with van der Waals surface area (Å²) in [6, 6.07) is 3.74. The highest BCUT2D eigenvalue weighted by atomic mass is 32.2.